The second kappa shape index (κ2) is 10.7. The van der Waals surface area contributed by atoms with E-state index in [0.717, 1.165) is 5.56 Å². The quantitative estimate of drug-likeness (QED) is 0.583. The van der Waals surface area contributed by atoms with Crippen LogP contribution in [0.5, 0.6) is 0 Å². The number of halogens is 1. The average molecular weight is 474 g/mol. The number of esters is 1. The number of ether oxygens (including phenoxy) is 1. The number of hydrogen-bond acceptors (Lipinski definition) is 6. The van der Waals surface area contributed by atoms with Gasteiger partial charge < -0.3 is 10.1 Å². The first-order valence-electron chi connectivity index (χ1n) is 10.2. The number of amidine groups is 1. The van der Waals surface area contributed by atoms with Gasteiger partial charge in [-0.15, -0.1) is 0 Å². The predicted octanol–water partition coefficient (Wildman–Crippen LogP) is 4.81. The third kappa shape index (κ3) is 5.49. The number of amides is 2. The average Bonchev–Trinajstić information content (AvgIpc) is 3.05. The summed E-state index contributed by atoms with van der Waals surface area (Å²) in [7, 11) is 0. The smallest absolute Gasteiger partial charge is 0.338 e. The zero-order valence-corrected chi connectivity index (χ0v) is 19.6. The highest BCUT2D eigenvalue weighted by molar-refractivity contribution is 8.15. The number of rotatable bonds is 7. The van der Waals surface area contributed by atoms with Crippen molar-refractivity contribution in [1.82, 2.24) is 4.90 Å². The van der Waals surface area contributed by atoms with Gasteiger partial charge in [0.2, 0.25) is 11.8 Å². The first-order valence-corrected chi connectivity index (χ1v) is 11.5. The lowest BCUT2D eigenvalue weighted by Gasteiger charge is -2.14. The second-order valence-corrected chi connectivity index (χ2v) is 8.59. The van der Waals surface area contributed by atoms with Gasteiger partial charge in [-0.05, 0) is 62.7 Å². The zero-order valence-electron chi connectivity index (χ0n) is 18.1. The summed E-state index contributed by atoms with van der Waals surface area (Å²) >= 11 is 7.45. The minimum Gasteiger partial charge on any atom is -0.462 e. The fraction of sp³-hybridized carbons (Fsp3) is 0.304. The van der Waals surface area contributed by atoms with E-state index in [4.69, 9.17) is 16.3 Å². The van der Waals surface area contributed by atoms with E-state index in [1.807, 2.05) is 26.0 Å². The highest BCUT2D eigenvalue weighted by Gasteiger charge is 2.38. The van der Waals surface area contributed by atoms with E-state index in [0.29, 0.717) is 40.3 Å². The zero-order chi connectivity index (χ0) is 23.3. The highest BCUT2D eigenvalue weighted by atomic mass is 35.5. The minimum absolute atomic E-state index is 0.00712. The second-order valence-electron chi connectivity index (χ2n) is 7.02. The van der Waals surface area contributed by atoms with Crippen LogP contribution in [0, 0.1) is 6.92 Å². The Bertz CT molecular complexity index is 1060. The Morgan fingerprint density at radius 1 is 1.19 bits per heavy atom. The van der Waals surface area contributed by atoms with Gasteiger partial charge in [-0.25, -0.2) is 9.79 Å². The molecule has 0 saturated carbocycles. The molecule has 2 aromatic carbocycles. The standard InChI is InChI=1S/C23H24ClN3O4S/c1-4-27-21(29)19(32-23(27)26-18-8-6-7-17(24)14(18)3)13-20(28)25-16-11-9-15(10-12-16)22(30)31-5-2/h6-12,19H,4-5,13H2,1-3H3,(H,25,28). The Labute approximate surface area is 196 Å². The SMILES string of the molecule is CCOC(=O)c1ccc(NC(=O)CC2SC(=Nc3cccc(Cl)c3C)N(CC)C2=O)cc1. The van der Waals surface area contributed by atoms with Gasteiger partial charge in [-0.3, -0.25) is 14.5 Å². The Hall–Kier alpha value is -2.84. The molecule has 0 radical (unpaired) electrons. The van der Waals surface area contributed by atoms with Crippen LogP contribution in [0.4, 0.5) is 11.4 Å². The summed E-state index contributed by atoms with van der Waals surface area (Å²) in [5.74, 6) is -0.862. The molecule has 1 N–H and O–H groups in total. The van der Waals surface area contributed by atoms with Crippen LogP contribution in [0.3, 0.4) is 0 Å². The van der Waals surface area contributed by atoms with Crippen LogP contribution < -0.4 is 5.32 Å². The van der Waals surface area contributed by atoms with Crippen molar-refractivity contribution in [3.8, 4) is 0 Å². The van der Waals surface area contributed by atoms with Gasteiger partial charge in [0, 0.05) is 23.7 Å². The van der Waals surface area contributed by atoms with Gasteiger partial charge in [0.15, 0.2) is 5.17 Å². The fourth-order valence-corrected chi connectivity index (χ4v) is 4.51. The Morgan fingerprint density at radius 2 is 1.91 bits per heavy atom. The lowest BCUT2D eigenvalue weighted by Crippen LogP contribution is -2.33. The molecule has 0 aliphatic carbocycles. The molecule has 3 rings (SSSR count). The molecule has 32 heavy (non-hydrogen) atoms. The highest BCUT2D eigenvalue weighted by Crippen LogP contribution is 2.33. The van der Waals surface area contributed by atoms with E-state index in [1.165, 1.54) is 11.8 Å². The number of nitrogens with one attached hydrogen (secondary N) is 1. The van der Waals surface area contributed by atoms with Crippen LogP contribution in [0.15, 0.2) is 47.5 Å². The number of carbonyl (C=O) groups is 3. The number of nitrogens with zero attached hydrogens (tertiary/aromatic N) is 2. The van der Waals surface area contributed by atoms with Crippen LogP contribution in [-0.4, -0.2) is 46.3 Å². The largest absolute Gasteiger partial charge is 0.462 e. The topological polar surface area (TPSA) is 88.1 Å². The van der Waals surface area contributed by atoms with Crippen molar-refractivity contribution >= 4 is 57.7 Å². The third-order valence-corrected chi connectivity index (χ3v) is 6.43. The number of hydrogen-bond donors (Lipinski definition) is 1. The normalized spacial score (nSPS) is 17.0. The van der Waals surface area contributed by atoms with Gasteiger partial charge in [-0.1, -0.05) is 29.4 Å². The van der Waals surface area contributed by atoms with Crippen molar-refractivity contribution in [2.75, 3.05) is 18.5 Å². The molecular weight excluding hydrogens is 450 g/mol. The number of benzene rings is 2. The molecule has 2 amide bonds. The molecule has 1 atom stereocenters. The lowest BCUT2D eigenvalue weighted by molar-refractivity contribution is -0.128. The van der Waals surface area contributed by atoms with E-state index < -0.39 is 11.2 Å². The van der Waals surface area contributed by atoms with Crippen LogP contribution >= 0.6 is 23.4 Å². The molecule has 1 fully saturated rings. The number of thioether (sulfide) groups is 1. The molecule has 1 saturated heterocycles. The molecule has 1 unspecified atom stereocenters. The molecule has 0 aromatic heterocycles. The predicted molar refractivity (Wildman–Crippen MR) is 128 cm³/mol. The molecule has 7 nitrogen and oxygen atoms in total. The third-order valence-electron chi connectivity index (χ3n) is 4.84. The molecule has 0 bridgehead atoms. The summed E-state index contributed by atoms with van der Waals surface area (Å²) < 4.78 is 4.95. The molecule has 1 aliphatic rings. The number of aliphatic imine (C=N–C) groups is 1. The van der Waals surface area contributed by atoms with E-state index in [9.17, 15) is 14.4 Å². The van der Waals surface area contributed by atoms with Gasteiger partial charge in [-0.2, -0.15) is 0 Å². The van der Waals surface area contributed by atoms with Crippen molar-refractivity contribution in [2.24, 2.45) is 4.99 Å². The van der Waals surface area contributed by atoms with Crippen LogP contribution in [0.2, 0.25) is 5.02 Å². The molecule has 2 aromatic rings. The Balaban J connectivity index is 1.67. The summed E-state index contributed by atoms with van der Waals surface area (Å²) in [6.07, 6.45) is 0.00712. The molecule has 1 aliphatic heterocycles. The molecule has 168 valence electrons. The summed E-state index contributed by atoms with van der Waals surface area (Å²) in [6, 6.07) is 11.9. The van der Waals surface area contributed by atoms with Crippen LogP contribution in [0.1, 0.15) is 36.2 Å². The lowest BCUT2D eigenvalue weighted by atomic mass is 10.2. The number of carbonyl (C=O) groups excluding carboxylic acids is 3. The van der Waals surface area contributed by atoms with Crippen LogP contribution in [-0.2, 0) is 14.3 Å². The van der Waals surface area contributed by atoms with Crippen LogP contribution in [0.25, 0.3) is 0 Å². The van der Waals surface area contributed by atoms with Crippen molar-refractivity contribution in [2.45, 2.75) is 32.4 Å². The van der Waals surface area contributed by atoms with Crippen molar-refractivity contribution in [1.29, 1.82) is 0 Å². The summed E-state index contributed by atoms with van der Waals surface area (Å²) in [5, 5.41) is 3.37. The van der Waals surface area contributed by atoms with Crippen molar-refractivity contribution in [3.05, 3.63) is 58.6 Å². The summed E-state index contributed by atoms with van der Waals surface area (Å²) in [4.78, 5) is 43.3. The van der Waals surface area contributed by atoms with E-state index in [1.54, 1.807) is 42.2 Å². The van der Waals surface area contributed by atoms with Gasteiger partial charge in [0.05, 0.1) is 17.9 Å². The first kappa shape index (κ1) is 23.8. The molecule has 1 heterocycles. The molecule has 9 heteroatoms. The Kier molecular flexibility index (Phi) is 7.93. The maximum atomic E-state index is 12.8. The maximum absolute atomic E-state index is 12.8. The summed E-state index contributed by atoms with van der Waals surface area (Å²) in [6.45, 7) is 6.23. The maximum Gasteiger partial charge on any atom is 0.338 e. The first-order chi connectivity index (χ1) is 15.3. The van der Waals surface area contributed by atoms with Gasteiger partial charge >= 0.3 is 5.97 Å². The van der Waals surface area contributed by atoms with Crippen molar-refractivity contribution < 1.29 is 19.1 Å². The van der Waals surface area contributed by atoms with Crippen molar-refractivity contribution in [3.63, 3.8) is 0 Å². The number of anilines is 1. The Morgan fingerprint density at radius 3 is 2.56 bits per heavy atom. The van der Waals surface area contributed by atoms with E-state index in [-0.39, 0.29) is 18.2 Å². The minimum atomic E-state index is -0.563. The molecular formula is C23H24ClN3O4S. The summed E-state index contributed by atoms with van der Waals surface area (Å²) in [5.41, 5.74) is 2.47. The van der Waals surface area contributed by atoms with Gasteiger partial charge in [0.25, 0.3) is 0 Å². The van der Waals surface area contributed by atoms with Gasteiger partial charge in [0.1, 0.15) is 5.25 Å². The van der Waals surface area contributed by atoms with E-state index >= 15 is 0 Å². The fourth-order valence-electron chi connectivity index (χ4n) is 3.12. The molecule has 0 spiro atoms. The van der Waals surface area contributed by atoms with E-state index in [2.05, 4.69) is 10.3 Å². The monoisotopic (exact) mass is 473 g/mol.